The summed E-state index contributed by atoms with van der Waals surface area (Å²) in [6.45, 7) is 1.92. The third-order valence-electron chi connectivity index (χ3n) is 3.22. The molecule has 1 aromatic rings. The second kappa shape index (κ2) is 5.36. The molecule has 0 amide bonds. The predicted molar refractivity (Wildman–Crippen MR) is 67.3 cm³/mol. The van der Waals surface area contributed by atoms with Gasteiger partial charge in [0.1, 0.15) is 6.10 Å². The van der Waals surface area contributed by atoms with E-state index in [1.54, 1.807) is 12.1 Å². The largest absolute Gasteiger partial charge is 0.480 e. The van der Waals surface area contributed by atoms with Gasteiger partial charge in [-0.05, 0) is 18.1 Å². The first-order valence-electron chi connectivity index (χ1n) is 6.06. The van der Waals surface area contributed by atoms with Crippen molar-refractivity contribution < 1.29 is 19.2 Å². The molecule has 0 saturated heterocycles. The van der Waals surface area contributed by atoms with Crippen LogP contribution >= 0.6 is 0 Å². The number of nitro groups is 1. The molecule has 1 aliphatic rings. The lowest BCUT2D eigenvalue weighted by atomic mass is 9.90. The Balaban J connectivity index is 2.20. The van der Waals surface area contributed by atoms with E-state index in [2.05, 4.69) is 0 Å². The van der Waals surface area contributed by atoms with Crippen LogP contribution in [0.4, 0.5) is 5.69 Å². The maximum Gasteiger partial charge on any atom is 0.311 e. The molecule has 19 heavy (non-hydrogen) atoms. The van der Waals surface area contributed by atoms with Crippen molar-refractivity contribution in [2.45, 2.75) is 32.0 Å². The third kappa shape index (κ3) is 2.58. The number of carbonyl (C=O) groups excluding carboxylic acids is 1. The minimum absolute atomic E-state index is 0.0414. The first kappa shape index (κ1) is 13.5. The van der Waals surface area contributed by atoms with Gasteiger partial charge < -0.3 is 9.47 Å². The quantitative estimate of drug-likeness (QED) is 0.600. The van der Waals surface area contributed by atoms with Crippen LogP contribution in [0.15, 0.2) is 18.2 Å². The van der Waals surface area contributed by atoms with Crippen LogP contribution in [0.25, 0.3) is 0 Å². The molecule has 1 fully saturated rings. The van der Waals surface area contributed by atoms with Crippen molar-refractivity contribution >= 4 is 11.5 Å². The molecular formula is C13H15NO5. The Kier molecular flexibility index (Phi) is 3.80. The smallest absolute Gasteiger partial charge is 0.311 e. The number of nitro benzene ring substituents is 1. The normalized spacial score (nSPS) is 21.9. The monoisotopic (exact) mass is 265 g/mol. The number of hydrogen-bond acceptors (Lipinski definition) is 5. The maximum atomic E-state index is 11.2. The molecule has 0 radical (unpaired) electrons. The van der Waals surface area contributed by atoms with Gasteiger partial charge >= 0.3 is 5.69 Å². The zero-order chi connectivity index (χ0) is 14.0. The Bertz CT molecular complexity index is 514. The second-order valence-corrected chi connectivity index (χ2v) is 4.40. The lowest BCUT2D eigenvalue weighted by Gasteiger charge is -2.33. The molecule has 6 heteroatoms. The third-order valence-corrected chi connectivity index (χ3v) is 3.22. The molecule has 102 valence electrons. The molecule has 2 unspecified atom stereocenters. The lowest BCUT2D eigenvalue weighted by molar-refractivity contribution is -0.386. The topological polar surface area (TPSA) is 78.7 Å². The summed E-state index contributed by atoms with van der Waals surface area (Å²) in [6, 6.07) is 4.86. The summed E-state index contributed by atoms with van der Waals surface area (Å²) < 4.78 is 10.5. The number of methoxy groups -OCH3 is 1. The summed E-state index contributed by atoms with van der Waals surface area (Å²) in [5, 5.41) is 11.0. The number of benzene rings is 1. The van der Waals surface area contributed by atoms with E-state index >= 15 is 0 Å². The van der Waals surface area contributed by atoms with Crippen molar-refractivity contribution in [1.29, 1.82) is 0 Å². The van der Waals surface area contributed by atoms with Gasteiger partial charge in [0.2, 0.25) is 0 Å². The summed E-state index contributed by atoms with van der Waals surface area (Å²) >= 11 is 0. The summed E-state index contributed by atoms with van der Waals surface area (Å²) in [6.07, 6.45) is -0.122. The molecule has 1 saturated carbocycles. The fourth-order valence-corrected chi connectivity index (χ4v) is 2.04. The fraction of sp³-hybridized carbons (Fsp3) is 0.462. The van der Waals surface area contributed by atoms with Crippen molar-refractivity contribution in [1.82, 2.24) is 0 Å². The van der Waals surface area contributed by atoms with Gasteiger partial charge in [-0.15, -0.1) is 0 Å². The molecule has 0 aliphatic heterocycles. The van der Waals surface area contributed by atoms with Gasteiger partial charge in [0, 0.05) is 19.6 Å². The van der Waals surface area contributed by atoms with Crippen LogP contribution in [0.1, 0.15) is 18.9 Å². The number of hydrogen-bond donors (Lipinski definition) is 0. The molecule has 0 spiro atoms. The Morgan fingerprint density at radius 3 is 2.74 bits per heavy atom. The van der Waals surface area contributed by atoms with Crippen LogP contribution in [0, 0.1) is 10.1 Å². The van der Waals surface area contributed by atoms with Crippen molar-refractivity contribution in [3.8, 4) is 5.75 Å². The van der Waals surface area contributed by atoms with Crippen molar-refractivity contribution in [3.05, 3.63) is 33.9 Å². The van der Waals surface area contributed by atoms with Crippen molar-refractivity contribution in [3.63, 3.8) is 0 Å². The highest BCUT2D eigenvalue weighted by Gasteiger charge is 2.42. The lowest BCUT2D eigenvalue weighted by Crippen LogP contribution is -2.51. The van der Waals surface area contributed by atoms with Gasteiger partial charge in [-0.25, -0.2) is 0 Å². The van der Waals surface area contributed by atoms with Gasteiger partial charge in [0.15, 0.2) is 17.6 Å². The molecule has 6 nitrogen and oxygen atoms in total. The van der Waals surface area contributed by atoms with Gasteiger partial charge in [-0.3, -0.25) is 14.9 Å². The van der Waals surface area contributed by atoms with E-state index in [-0.39, 0.29) is 23.6 Å². The van der Waals surface area contributed by atoms with Gasteiger partial charge in [-0.2, -0.15) is 0 Å². The predicted octanol–water partition coefficient (Wildman–Crippen LogP) is 1.89. The highest BCUT2D eigenvalue weighted by atomic mass is 16.6. The first-order valence-corrected chi connectivity index (χ1v) is 6.06. The van der Waals surface area contributed by atoms with E-state index in [1.807, 2.05) is 6.92 Å². The van der Waals surface area contributed by atoms with Crippen LogP contribution in [-0.2, 0) is 16.0 Å². The highest BCUT2D eigenvalue weighted by Crippen LogP contribution is 2.32. The van der Waals surface area contributed by atoms with Crippen LogP contribution in [0.2, 0.25) is 0 Å². The standard InChI is InChI=1S/C13H15NO5/c1-3-8-4-5-11(9(6-8)14(16)17)19-12-7-10(15)13(12)18-2/h4-6,12-13H,3,7H2,1-2H3. The van der Waals surface area contributed by atoms with Crippen molar-refractivity contribution in [2.24, 2.45) is 0 Å². The number of nitrogens with zero attached hydrogens (tertiary/aromatic N) is 1. The number of rotatable bonds is 5. The van der Waals surface area contributed by atoms with E-state index < -0.39 is 17.1 Å². The number of ether oxygens (including phenoxy) is 2. The molecule has 0 heterocycles. The molecule has 0 bridgehead atoms. The van der Waals surface area contributed by atoms with E-state index in [0.29, 0.717) is 6.42 Å². The number of ketones is 1. The molecule has 2 rings (SSSR count). The van der Waals surface area contributed by atoms with Crippen LogP contribution in [0.3, 0.4) is 0 Å². The Labute approximate surface area is 110 Å². The molecule has 1 aromatic carbocycles. The van der Waals surface area contributed by atoms with Crippen molar-refractivity contribution in [2.75, 3.05) is 7.11 Å². The summed E-state index contributed by atoms with van der Waals surface area (Å²) in [7, 11) is 1.42. The van der Waals surface area contributed by atoms with Crippen LogP contribution in [0.5, 0.6) is 5.75 Å². The molecule has 2 atom stereocenters. The molecule has 0 N–H and O–H groups in total. The Morgan fingerprint density at radius 2 is 2.21 bits per heavy atom. The average molecular weight is 265 g/mol. The minimum Gasteiger partial charge on any atom is -0.480 e. The molecule has 0 aromatic heterocycles. The maximum absolute atomic E-state index is 11.2. The highest BCUT2D eigenvalue weighted by molar-refractivity contribution is 5.90. The number of Topliss-reactive ketones (excluding diaryl/α,β-unsaturated/α-hetero) is 1. The average Bonchev–Trinajstić information content (AvgIpc) is 2.38. The Morgan fingerprint density at radius 1 is 1.47 bits per heavy atom. The zero-order valence-electron chi connectivity index (χ0n) is 10.8. The fourth-order valence-electron chi connectivity index (χ4n) is 2.04. The van der Waals surface area contributed by atoms with Gasteiger partial charge in [0.25, 0.3) is 0 Å². The summed E-state index contributed by atoms with van der Waals surface area (Å²) in [4.78, 5) is 21.8. The molecule has 1 aliphatic carbocycles. The van der Waals surface area contributed by atoms with Crippen LogP contribution in [-0.4, -0.2) is 30.0 Å². The minimum atomic E-state index is -0.620. The van der Waals surface area contributed by atoms with E-state index in [4.69, 9.17) is 9.47 Å². The van der Waals surface area contributed by atoms with E-state index in [1.165, 1.54) is 13.2 Å². The Hall–Kier alpha value is -1.95. The van der Waals surface area contributed by atoms with Gasteiger partial charge in [0.05, 0.1) is 4.92 Å². The van der Waals surface area contributed by atoms with E-state index in [9.17, 15) is 14.9 Å². The second-order valence-electron chi connectivity index (χ2n) is 4.40. The van der Waals surface area contributed by atoms with Gasteiger partial charge in [-0.1, -0.05) is 13.0 Å². The SMILES string of the molecule is CCc1ccc(OC2CC(=O)C2OC)c([N+](=O)[O-])c1. The zero-order valence-corrected chi connectivity index (χ0v) is 10.8. The summed E-state index contributed by atoms with van der Waals surface area (Å²) in [5.41, 5.74) is 0.792. The number of carbonyl (C=O) groups is 1. The number of aryl methyl sites for hydroxylation is 1. The first-order chi connectivity index (χ1) is 9.06. The van der Waals surface area contributed by atoms with Crippen LogP contribution < -0.4 is 4.74 Å². The summed E-state index contributed by atoms with van der Waals surface area (Å²) in [5.74, 6) is 0.141. The van der Waals surface area contributed by atoms with E-state index in [0.717, 1.165) is 5.56 Å². The molecular weight excluding hydrogens is 250 g/mol.